The predicted octanol–water partition coefficient (Wildman–Crippen LogP) is 3.30. The molecule has 2 fully saturated rings. The van der Waals surface area contributed by atoms with Gasteiger partial charge in [0.15, 0.2) is 6.61 Å². The first kappa shape index (κ1) is 16.6. The standard InChI is InChI=1S/C17H23F3N2O/c18-17(19,20)13-23-16-6-1-4-14(10-16)11-21-7-3-9-22-8-2-5-15(22)12-21/h1,4,6,10,15H,2-3,5,7-9,11-13H2/t15-/m1/s1. The summed E-state index contributed by atoms with van der Waals surface area (Å²) in [6, 6.07) is 7.67. The molecule has 6 heteroatoms. The zero-order valence-electron chi connectivity index (χ0n) is 13.2. The fourth-order valence-corrected chi connectivity index (χ4v) is 3.58. The molecular weight excluding hydrogens is 305 g/mol. The van der Waals surface area contributed by atoms with E-state index in [1.165, 1.54) is 19.4 Å². The first-order valence-corrected chi connectivity index (χ1v) is 8.24. The van der Waals surface area contributed by atoms with Gasteiger partial charge in [0.25, 0.3) is 0 Å². The third-order valence-electron chi connectivity index (χ3n) is 4.59. The molecule has 0 aromatic heterocycles. The second-order valence-electron chi connectivity index (χ2n) is 6.47. The zero-order chi connectivity index (χ0) is 16.3. The van der Waals surface area contributed by atoms with Crippen LogP contribution in [0, 0.1) is 0 Å². The van der Waals surface area contributed by atoms with E-state index in [-0.39, 0.29) is 5.75 Å². The van der Waals surface area contributed by atoms with Crippen molar-refractivity contribution in [1.29, 1.82) is 0 Å². The average Bonchev–Trinajstić information content (AvgIpc) is 2.84. The second kappa shape index (κ2) is 7.09. The summed E-state index contributed by atoms with van der Waals surface area (Å²) in [4.78, 5) is 4.99. The van der Waals surface area contributed by atoms with Crippen LogP contribution in [-0.4, -0.2) is 54.8 Å². The summed E-state index contributed by atoms with van der Waals surface area (Å²) in [6.45, 7) is 3.99. The van der Waals surface area contributed by atoms with Crippen LogP contribution in [0.1, 0.15) is 24.8 Å². The molecule has 0 N–H and O–H groups in total. The Morgan fingerprint density at radius 3 is 2.78 bits per heavy atom. The lowest BCUT2D eigenvalue weighted by atomic mass is 10.1. The van der Waals surface area contributed by atoms with Crippen LogP contribution in [0.25, 0.3) is 0 Å². The van der Waals surface area contributed by atoms with Gasteiger partial charge in [-0.25, -0.2) is 0 Å². The van der Waals surface area contributed by atoms with Gasteiger partial charge in [-0.15, -0.1) is 0 Å². The fourth-order valence-electron chi connectivity index (χ4n) is 3.58. The normalized spacial score (nSPS) is 23.5. The molecule has 2 aliphatic heterocycles. The maximum absolute atomic E-state index is 12.2. The SMILES string of the molecule is FC(F)(F)COc1cccc(CN2CCCN3CCC[C@@H]3C2)c1. The van der Waals surface area contributed by atoms with Crippen LogP contribution < -0.4 is 4.74 Å². The fraction of sp³-hybridized carbons (Fsp3) is 0.647. The molecule has 0 spiro atoms. The Morgan fingerprint density at radius 1 is 1.13 bits per heavy atom. The minimum atomic E-state index is -4.30. The van der Waals surface area contributed by atoms with Gasteiger partial charge in [-0.05, 0) is 56.6 Å². The Kier molecular flexibility index (Phi) is 5.11. The van der Waals surface area contributed by atoms with Crippen molar-refractivity contribution in [2.75, 3.05) is 32.8 Å². The van der Waals surface area contributed by atoms with Crippen LogP contribution in [0.3, 0.4) is 0 Å². The van der Waals surface area contributed by atoms with Crippen molar-refractivity contribution < 1.29 is 17.9 Å². The predicted molar refractivity (Wildman–Crippen MR) is 82.5 cm³/mol. The van der Waals surface area contributed by atoms with Crippen molar-refractivity contribution in [1.82, 2.24) is 9.80 Å². The molecule has 0 unspecified atom stereocenters. The van der Waals surface area contributed by atoms with E-state index in [2.05, 4.69) is 9.80 Å². The molecule has 128 valence electrons. The Balaban J connectivity index is 1.58. The van der Waals surface area contributed by atoms with Gasteiger partial charge in [0.05, 0.1) is 0 Å². The summed E-state index contributed by atoms with van der Waals surface area (Å²) in [5.41, 5.74) is 1.01. The molecule has 0 radical (unpaired) electrons. The lowest BCUT2D eigenvalue weighted by Gasteiger charge is -2.25. The Labute approximate surface area is 135 Å². The number of nitrogens with zero attached hydrogens (tertiary/aromatic N) is 2. The highest BCUT2D eigenvalue weighted by atomic mass is 19.4. The summed E-state index contributed by atoms with van der Waals surface area (Å²) in [5, 5.41) is 0. The largest absolute Gasteiger partial charge is 0.484 e. The summed E-state index contributed by atoms with van der Waals surface area (Å²) in [7, 11) is 0. The summed E-state index contributed by atoms with van der Waals surface area (Å²) in [6.07, 6.45) is -0.613. The summed E-state index contributed by atoms with van der Waals surface area (Å²) < 4.78 is 41.6. The lowest BCUT2D eigenvalue weighted by molar-refractivity contribution is -0.153. The number of halogens is 3. The number of fused-ring (bicyclic) bond motifs is 1. The van der Waals surface area contributed by atoms with Crippen molar-refractivity contribution in [2.45, 2.75) is 38.0 Å². The van der Waals surface area contributed by atoms with Crippen molar-refractivity contribution in [3.05, 3.63) is 29.8 Å². The third-order valence-corrected chi connectivity index (χ3v) is 4.59. The van der Waals surface area contributed by atoms with Crippen molar-refractivity contribution >= 4 is 0 Å². The molecule has 2 saturated heterocycles. The number of hydrogen-bond donors (Lipinski definition) is 0. The van der Waals surface area contributed by atoms with E-state index in [4.69, 9.17) is 4.74 Å². The average molecular weight is 328 g/mol. The van der Waals surface area contributed by atoms with E-state index in [0.29, 0.717) is 6.04 Å². The van der Waals surface area contributed by atoms with Crippen LogP contribution in [0.5, 0.6) is 5.75 Å². The maximum Gasteiger partial charge on any atom is 0.422 e. The van der Waals surface area contributed by atoms with Gasteiger partial charge in [-0.3, -0.25) is 9.80 Å². The molecule has 0 bridgehead atoms. The molecule has 3 rings (SSSR count). The highest BCUT2D eigenvalue weighted by Gasteiger charge is 2.29. The van der Waals surface area contributed by atoms with E-state index in [1.54, 1.807) is 18.2 Å². The van der Waals surface area contributed by atoms with Crippen LogP contribution in [0.4, 0.5) is 13.2 Å². The van der Waals surface area contributed by atoms with E-state index < -0.39 is 12.8 Å². The van der Waals surface area contributed by atoms with Gasteiger partial charge in [0.1, 0.15) is 5.75 Å². The number of rotatable bonds is 4. The molecule has 2 aliphatic rings. The van der Waals surface area contributed by atoms with Crippen molar-refractivity contribution in [3.63, 3.8) is 0 Å². The summed E-state index contributed by atoms with van der Waals surface area (Å²) >= 11 is 0. The molecule has 0 amide bonds. The van der Waals surface area contributed by atoms with E-state index >= 15 is 0 Å². The molecule has 2 heterocycles. The molecule has 0 saturated carbocycles. The van der Waals surface area contributed by atoms with E-state index in [0.717, 1.165) is 38.2 Å². The van der Waals surface area contributed by atoms with Crippen LogP contribution in [-0.2, 0) is 6.54 Å². The summed E-state index contributed by atoms with van der Waals surface area (Å²) in [5.74, 6) is 0.289. The molecular formula is C17H23F3N2O. The molecule has 3 nitrogen and oxygen atoms in total. The highest BCUT2D eigenvalue weighted by Crippen LogP contribution is 2.24. The second-order valence-corrected chi connectivity index (χ2v) is 6.47. The van der Waals surface area contributed by atoms with Gasteiger partial charge in [-0.1, -0.05) is 12.1 Å². The van der Waals surface area contributed by atoms with Gasteiger partial charge in [0.2, 0.25) is 0 Å². The number of ether oxygens (including phenoxy) is 1. The minimum Gasteiger partial charge on any atom is -0.484 e. The number of benzene rings is 1. The van der Waals surface area contributed by atoms with Crippen molar-refractivity contribution in [3.8, 4) is 5.75 Å². The minimum absolute atomic E-state index is 0.289. The van der Waals surface area contributed by atoms with Gasteiger partial charge >= 0.3 is 6.18 Å². The van der Waals surface area contributed by atoms with Crippen molar-refractivity contribution in [2.24, 2.45) is 0 Å². The third kappa shape index (κ3) is 4.85. The highest BCUT2D eigenvalue weighted by molar-refractivity contribution is 5.28. The molecule has 0 aliphatic carbocycles. The molecule has 23 heavy (non-hydrogen) atoms. The van der Waals surface area contributed by atoms with Crippen LogP contribution >= 0.6 is 0 Å². The Hall–Kier alpha value is -1.27. The first-order chi connectivity index (χ1) is 11.0. The number of hydrogen-bond acceptors (Lipinski definition) is 3. The van der Waals surface area contributed by atoms with Gasteiger partial charge in [-0.2, -0.15) is 13.2 Å². The molecule has 1 atom stereocenters. The zero-order valence-corrected chi connectivity index (χ0v) is 13.2. The van der Waals surface area contributed by atoms with Crippen LogP contribution in [0.2, 0.25) is 0 Å². The number of alkyl halides is 3. The lowest BCUT2D eigenvalue weighted by Crippen LogP contribution is -2.36. The first-order valence-electron chi connectivity index (χ1n) is 8.24. The topological polar surface area (TPSA) is 15.7 Å². The van der Waals surface area contributed by atoms with E-state index in [9.17, 15) is 13.2 Å². The van der Waals surface area contributed by atoms with E-state index in [1.807, 2.05) is 6.07 Å². The Bertz CT molecular complexity index is 521. The van der Waals surface area contributed by atoms with Gasteiger partial charge in [0, 0.05) is 19.1 Å². The smallest absolute Gasteiger partial charge is 0.422 e. The van der Waals surface area contributed by atoms with Crippen LogP contribution in [0.15, 0.2) is 24.3 Å². The molecule has 1 aromatic carbocycles. The maximum atomic E-state index is 12.2. The quantitative estimate of drug-likeness (QED) is 0.843. The van der Waals surface area contributed by atoms with Gasteiger partial charge < -0.3 is 4.74 Å². The molecule has 1 aromatic rings. The monoisotopic (exact) mass is 328 g/mol. The Morgan fingerprint density at radius 2 is 1.96 bits per heavy atom.